The van der Waals surface area contributed by atoms with Crippen LogP contribution in [0, 0.1) is 6.92 Å². The standard InChI is InChI=1S/C27H21BrN2O4S/c1-3-34-19-12-13-20-21(14-19)35-27(29-20)30-23(16-8-10-18(28)11-9-16)22(25(32)26(30)33)24(31)17-6-4-15(2)5-7-17/h4-14,23,31H,3H2,1-2H3/t23-/m1/s1. The van der Waals surface area contributed by atoms with Crippen LogP contribution >= 0.6 is 27.3 Å². The first-order valence-corrected chi connectivity index (χ1v) is 12.6. The predicted molar refractivity (Wildman–Crippen MR) is 141 cm³/mol. The average molecular weight is 549 g/mol. The van der Waals surface area contributed by atoms with Crippen LogP contribution in [0.4, 0.5) is 5.13 Å². The third-order valence-electron chi connectivity index (χ3n) is 5.82. The number of ketones is 1. The zero-order chi connectivity index (χ0) is 24.7. The Kier molecular flexibility index (Phi) is 6.17. The number of amides is 1. The predicted octanol–water partition coefficient (Wildman–Crippen LogP) is 6.39. The van der Waals surface area contributed by atoms with E-state index in [-0.39, 0.29) is 11.3 Å². The summed E-state index contributed by atoms with van der Waals surface area (Å²) in [6.45, 7) is 4.39. The van der Waals surface area contributed by atoms with Crippen molar-refractivity contribution < 1.29 is 19.4 Å². The summed E-state index contributed by atoms with van der Waals surface area (Å²) in [6, 6.07) is 19.2. The largest absolute Gasteiger partial charge is 0.507 e. The molecule has 1 fully saturated rings. The molecule has 0 spiro atoms. The van der Waals surface area contributed by atoms with E-state index in [2.05, 4.69) is 20.9 Å². The van der Waals surface area contributed by atoms with Crippen LogP contribution in [0.25, 0.3) is 16.0 Å². The number of Topliss-reactive ketones (excluding diaryl/α,β-unsaturated/α-hetero) is 1. The second-order valence-corrected chi connectivity index (χ2v) is 10.1. The highest BCUT2D eigenvalue weighted by atomic mass is 79.9. The van der Waals surface area contributed by atoms with Crippen molar-refractivity contribution in [3.8, 4) is 5.75 Å². The van der Waals surface area contributed by atoms with Crippen LogP contribution in [-0.4, -0.2) is 28.4 Å². The molecule has 6 nitrogen and oxygen atoms in total. The molecule has 5 rings (SSSR count). The van der Waals surface area contributed by atoms with Crippen LogP contribution in [0.3, 0.4) is 0 Å². The number of aliphatic hydroxyl groups is 1. The molecular formula is C27H21BrN2O4S. The van der Waals surface area contributed by atoms with Gasteiger partial charge in [-0.1, -0.05) is 69.2 Å². The average Bonchev–Trinajstić information content (AvgIpc) is 3.38. The Morgan fingerprint density at radius 3 is 2.49 bits per heavy atom. The lowest BCUT2D eigenvalue weighted by molar-refractivity contribution is -0.132. The number of fused-ring (bicyclic) bond motifs is 1. The Morgan fingerprint density at radius 2 is 1.80 bits per heavy atom. The number of hydrogen-bond donors (Lipinski definition) is 1. The summed E-state index contributed by atoms with van der Waals surface area (Å²) >= 11 is 4.74. The molecule has 4 aromatic rings. The van der Waals surface area contributed by atoms with E-state index >= 15 is 0 Å². The van der Waals surface area contributed by atoms with E-state index in [0.717, 1.165) is 14.7 Å². The number of nitrogens with zero attached hydrogens (tertiary/aromatic N) is 2. The lowest BCUT2D eigenvalue weighted by Gasteiger charge is -2.23. The number of benzene rings is 3. The minimum atomic E-state index is -0.823. The van der Waals surface area contributed by atoms with Crippen molar-refractivity contribution in [2.24, 2.45) is 0 Å². The fourth-order valence-electron chi connectivity index (χ4n) is 4.11. The lowest BCUT2D eigenvalue weighted by atomic mass is 9.95. The SMILES string of the molecule is CCOc1ccc2nc(N3C(=O)C(=O)C(=C(O)c4ccc(C)cc4)[C@H]3c3ccc(Br)cc3)sc2c1. The highest BCUT2D eigenvalue weighted by molar-refractivity contribution is 9.10. The van der Waals surface area contributed by atoms with Gasteiger partial charge in [0.25, 0.3) is 5.78 Å². The Labute approximate surface area is 214 Å². The molecule has 0 saturated carbocycles. The topological polar surface area (TPSA) is 79.7 Å². The quantitative estimate of drug-likeness (QED) is 0.177. The zero-order valence-electron chi connectivity index (χ0n) is 19.0. The first-order valence-electron chi connectivity index (χ1n) is 11.0. The molecule has 1 amide bonds. The van der Waals surface area contributed by atoms with Crippen molar-refractivity contribution in [1.82, 2.24) is 4.98 Å². The molecule has 8 heteroatoms. The molecular weight excluding hydrogens is 528 g/mol. The van der Waals surface area contributed by atoms with Crippen LogP contribution < -0.4 is 9.64 Å². The second kappa shape index (κ2) is 9.28. The van der Waals surface area contributed by atoms with Crippen molar-refractivity contribution in [1.29, 1.82) is 0 Å². The van der Waals surface area contributed by atoms with Crippen molar-refractivity contribution in [3.05, 3.63) is 93.5 Å². The fourth-order valence-corrected chi connectivity index (χ4v) is 5.39. The molecule has 1 aromatic heterocycles. The van der Waals surface area contributed by atoms with E-state index in [0.29, 0.717) is 34.1 Å². The Morgan fingerprint density at radius 1 is 1.09 bits per heavy atom. The summed E-state index contributed by atoms with van der Waals surface area (Å²) in [5.74, 6) is -0.972. The highest BCUT2D eigenvalue weighted by Gasteiger charge is 2.48. The van der Waals surface area contributed by atoms with E-state index in [9.17, 15) is 14.7 Å². The van der Waals surface area contributed by atoms with Gasteiger partial charge in [0.05, 0.1) is 28.4 Å². The number of rotatable bonds is 5. The molecule has 1 aliphatic heterocycles. The number of thiazole rings is 1. The normalized spacial score (nSPS) is 17.3. The summed E-state index contributed by atoms with van der Waals surface area (Å²) in [5, 5.41) is 11.6. The highest BCUT2D eigenvalue weighted by Crippen LogP contribution is 2.44. The van der Waals surface area contributed by atoms with E-state index in [4.69, 9.17) is 4.74 Å². The van der Waals surface area contributed by atoms with Gasteiger partial charge in [0.15, 0.2) is 5.13 Å². The van der Waals surface area contributed by atoms with Gasteiger partial charge in [-0.3, -0.25) is 14.5 Å². The number of hydrogen-bond acceptors (Lipinski definition) is 6. The summed E-state index contributed by atoms with van der Waals surface area (Å²) < 4.78 is 7.29. The molecule has 3 aromatic carbocycles. The number of carbonyl (C=O) groups is 2. The van der Waals surface area contributed by atoms with Crippen LogP contribution in [0.1, 0.15) is 29.7 Å². The van der Waals surface area contributed by atoms with Gasteiger partial charge in [-0.2, -0.15) is 0 Å². The maximum Gasteiger partial charge on any atom is 0.301 e. The van der Waals surface area contributed by atoms with E-state index in [1.54, 1.807) is 12.1 Å². The van der Waals surface area contributed by atoms with Crippen molar-refractivity contribution in [2.75, 3.05) is 11.5 Å². The van der Waals surface area contributed by atoms with Gasteiger partial charge >= 0.3 is 5.91 Å². The van der Waals surface area contributed by atoms with Crippen LogP contribution in [-0.2, 0) is 9.59 Å². The number of ether oxygens (including phenoxy) is 1. The smallest absolute Gasteiger partial charge is 0.301 e. The molecule has 35 heavy (non-hydrogen) atoms. The molecule has 0 radical (unpaired) electrons. The van der Waals surface area contributed by atoms with E-state index in [1.807, 2.05) is 68.4 Å². The summed E-state index contributed by atoms with van der Waals surface area (Å²) in [7, 11) is 0. The summed E-state index contributed by atoms with van der Waals surface area (Å²) in [6.07, 6.45) is 0. The first-order chi connectivity index (χ1) is 16.9. The molecule has 1 aliphatic rings. The van der Waals surface area contributed by atoms with Gasteiger partial charge in [-0.05, 0) is 49.7 Å². The molecule has 2 heterocycles. The second-order valence-electron chi connectivity index (χ2n) is 8.15. The van der Waals surface area contributed by atoms with E-state index < -0.39 is 17.7 Å². The van der Waals surface area contributed by atoms with Crippen LogP contribution in [0.2, 0.25) is 0 Å². The number of halogens is 1. The first kappa shape index (κ1) is 23.3. The molecule has 0 unspecified atom stereocenters. The maximum atomic E-state index is 13.4. The number of anilines is 1. The monoisotopic (exact) mass is 548 g/mol. The van der Waals surface area contributed by atoms with Gasteiger partial charge in [0.1, 0.15) is 11.5 Å². The van der Waals surface area contributed by atoms with Crippen LogP contribution in [0.15, 0.2) is 76.8 Å². The third kappa shape index (κ3) is 4.24. The van der Waals surface area contributed by atoms with Gasteiger partial charge in [-0.15, -0.1) is 0 Å². The number of aromatic nitrogens is 1. The molecule has 176 valence electrons. The minimum absolute atomic E-state index is 0.0374. The molecule has 1 atom stereocenters. The lowest BCUT2D eigenvalue weighted by Crippen LogP contribution is -2.29. The van der Waals surface area contributed by atoms with Gasteiger partial charge in [0, 0.05) is 10.0 Å². The molecule has 1 N–H and O–H groups in total. The van der Waals surface area contributed by atoms with Crippen LogP contribution in [0.5, 0.6) is 5.75 Å². The van der Waals surface area contributed by atoms with Gasteiger partial charge in [-0.25, -0.2) is 4.98 Å². The van der Waals surface area contributed by atoms with Gasteiger partial charge in [0.2, 0.25) is 0 Å². The van der Waals surface area contributed by atoms with Crippen molar-refractivity contribution >= 4 is 60.1 Å². The summed E-state index contributed by atoms with van der Waals surface area (Å²) in [4.78, 5) is 32.7. The Balaban J connectivity index is 1.69. The Hall–Kier alpha value is -3.49. The molecule has 0 aliphatic carbocycles. The molecule has 1 saturated heterocycles. The van der Waals surface area contributed by atoms with E-state index in [1.165, 1.54) is 16.2 Å². The summed E-state index contributed by atoms with van der Waals surface area (Å²) in [5.41, 5.74) is 2.92. The fraction of sp³-hybridized carbons (Fsp3) is 0.148. The number of aryl methyl sites for hydroxylation is 1. The molecule has 0 bridgehead atoms. The number of carbonyl (C=O) groups excluding carboxylic acids is 2. The van der Waals surface area contributed by atoms with Gasteiger partial charge < -0.3 is 9.84 Å². The maximum absolute atomic E-state index is 13.4. The van der Waals surface area contributed by atoms with Crippen molar-refractivity contribution in [3.63, 3.8) is 0 Å². The van der Waals surface area contributed by atoms with Crippen molar-refractivity contribution in [2.45, 2.75) is 19.9 Å². The number of aliphatic hydroxyl groups excluding tert-OH is 1. The minimum Gasteiger partial charge on any atom is -0.507 e. The zero-order valence-corrected chi connectivity index (χ0v) is 21.4. The Bertz CT molecular complexity index is 1480. The third-order valence-corrected chi connectivity index (χ3v) is 7.37.